The molecular formula is C18H21ClN2O4S. The number of amides is 1. The van der Waals surface area contributed by atoms with E-state index in [1.807, 2.05) is 36.9 Å². The predicted octanol–water partition coefficient (Wildman–Crippen LogP) is 2.89. The van der Waals surface area contributed by atoms with Gasteiger partial charge in [0, 0.05) is 22.5 Å². The van der Waals surface area contributed by atoms with Gasteiger partial charge in [0.05, 0.1) is 12.0 Å². The van der Waals surface area contributed by atoms with Crippen molar-refractivity contribution in [3.8, 4) is 0 Å². The van der Waals surface area contributed by atoms with Crippen LogP contribution in [-0.2, 0) is 20.3 Å². The molecule has 0 radical (unpaired) electrons. The van der Waals surface area contributed by atoms with Crippen molar-refractivity contribution in [1.82, 2.24) is 10.2 Å². The summed E-state index contributed by atoms with van der Waals surface area (Å²) in [6.07, 6.45) is 0. The summed E-state index contributed by atoms with van der Waals surface area (Å²) >= 11 is 6.03. The van der Waals surface area contributed by atoms with Gasteiger partial charge in [0.2, 0.25) is 0 Å². The molecule has 2 rings (SSSR count). The molecule has 0 atom stereocenters. The molecule has 0 fully saturated rings. The molecule has 26 heavy (non-hydrogen) atoms. The van der Waals surface area contributed by atoms with Crippen molar-refractivity contribution >= 4 is 27.5 Å². The second-order valence-electron chi connectivity index (χ2n) is 6.39. The molecule has 8 heteroatoms. The fourth-order valence-electron chi connectivity index (χ4n) is 2.36. The molecule has 140 valence electrons. The zero-order valence-corrected chi connectivity index (χ0v) is 16.3. The molecule has 0 saturated carbocycles. The van der Waals surface area contributed by atoms with Crippen molar-refractivity contribution in [2.24, 2.45) is 0 Å². The van der Waals surface area contributed by atoms with Gasteiger partial charge < -0.3 is 5.32 Å². The van der Waals surface area contributed by atoms with Gasteiger partial charge in [-0.2, -0.15) is 0 Å². The third-order valence-electron chi connectivity index (χ3n) is 3.92. The average Bonchev–Trinajstić information content (AvgIpc) is 2.60. The third-order valence-corrected chi connectivity index (χ3v) is 5.43. The summed E-state index contributed by atoms with van der Waals surface area (Å²) in [6, 6.07) is 13.1. The number of halogens is 1. The van der Waals surface area contributed by atoms with Crippen LogP contribution >= 0.6 is 11.6 Å². The number of carbonyl (C=O) groups excluding carboxylic acids is 1. The zero-order chi connectivity index (χ0) is 19.4. The molecule has 2 N–H and O–H groups in total. The first kappa shape index (κ1) is 20.4. The smallest absolute Gasteiger partial charge is 0.262 e. The quantitative estimate of drug-likeness (QED) is 0.705. The molecule has 0 aromatic heterocycles. The van der Waals surface area contributed by atoms with Gasteiger partial charge in [0.15, 0.2) is 0 Å². The number of hydrogen-bond acceptors (Lipinski definition) is 4. The molecule has 0 aliphatic carbocycles. The maximum atomic E-state index is 12.3. The lowest BCUT2D eigenvalue weighted by molar-refractivity contribution is 0.0945. The van der Waals surface area contributed by atoms with Crippen LogP contribution in [0.15, 0.2) is 53.4 Å². The Hall–Kier alpha value is -1.93. The van der Waals surface area contributed by atoms with Gasteiger partial charge >= 0.3 is 0 Å². The van der Waals surface area contributed by atoms with E-state index in [4.69, 9.17) is 11.6 Å². The van der Waals surface area contributed by atoms with E-state index >= 15 is 0 Å². The summed E-state index contributed by atoms with van der Waals surface area (Å²) in [7, 11) is -2.54. The highest BCUT2D eigenvalue weighted by atomic mass is 35.5. The first-order valence-corrected chi connectivity index (χ1v) is 9.71. The van der Waals surface area contributed by atoms with Crippen molar-refractivity contribution in [1.29, 1.82) is 0 Å². The largest absolute Gasteiger partial charge is 0.351 e. The first-order valence-electron chi connectivity index (χ1n) is 7.85. The molecule has 0 heterocycles. The lowest BCUT2D eigenvalue weighted by Crippen LogP contribution is -2.36. The van der Waals surface area contributed by atoms with Gasteiger partial charge in [-0.3, -0.25) is 9.63 Å². The molecule has 6 nitrogen and oxygen atoms in total. The van der Waals surface area contributed by atoms with Gasteiger partial charge in [0.1, 0.15) is 0 Å². The third kappa shape index (κ3) is 5.04. The van der Waals surface area contributed by atoms with Crippen molar-refractivity contribution in [2.45, 2.75) is 24.2 Å². The van der Waals surface area contributed by atoms with Gasteiger partial charge in [-0.15, -0.1) is 0 Å². The SMILES string of the molecule is CONS(=O)(=O)c1ccc(C(=O)NCC(C)(C)c2cccc(Cl)c2)cc1. The Balaban J connectivity index is 2.06. The number of nitrogens with one attached hydrogen (secondary N) is 2. The molecule has 1 amide bonds. The highest BCUT2D eigenvalue weighted by molar-refractivity contribution is 7.89. The number of benzene rings is 2. The lowest BCUT2D eigenvalue weighted by Gasteiger charge is -2.26. The van der Waals surface area contributed by atoms with Gasteiger partial charge in [-0.05, 0) is 42.0 Å². The van der Waals surface area contributed by atoms with E-state index in [1.54, 1.807) is 6.07 Å². The molecule has 2 aromatic carbocycles. The highest BCUT2D eigenvalue weighted by Gasteiger charge is 2.22. The van der Waals surface area contributed by atoms with Gasteiger partial charge in [0.25, 0.3) is 15.9 Å². The maximum absolute atomic E-state index is 12.3. The summed E-state index contributed by atoms with van der Waals surface area (Å²) in [4.78, 5) is 18.7. The normalized spacial score (nSPS) is 12.0. The second kappa shape index (κ2) is 8.18. The predicted molar refractivity (Wildman–Crippen MR) is 101 cm³/mol. The highest BCUT2D eigenvalue weighted by Crippen LogP contribution is 2.25. The summed E-state index contributed by atoms with van der Waals surface area (Å²) in [5, 5.41) is 3.51. The van der Waals surface area contributed by atoms with Crippen LogP contribution in [0, 0.1) is 0 Å². The Bertz CT molecular complexity index is 880. The van der Waals surface area contributed by atoms with Crippen LogP contribution < -0.4 is 10.2 Å². The van der Waals surface area contributed by atoms with E-state index in [-0.39, 0.29) is 16.2 Å². The van der Waals surface area contributed by atoms with Crippen LogP contribution in [0.25, 0.3) is 0 Å². The number of rotatable bonds is 7. The van der Waals surface area contributed by atoms with E-state index in [0.29, 0.717) is 17.1 Å². The lowest BCUT2D eigenvalue weighted by atomic mass is 9.84. The van der Waals surface area contributed by atoms with Crippen LogP contribution in [0.4, 0.5) is 0 Å². The fraction of sp³-hybridized carbons (Fsp3) is 0.278. The summed E-state index contributed by atoms with van der Waals surface area (Å²) in [5.74, 6) is -0.288. The molecular weight excluding hydrogens is 376 g/mol. The second-order valence-corrected chi connectivity index (χ2v) is 8.47. The number of hydrogen-bond donors (Lipinski definition) is 2. The van der Waals surface area contributed by atoms with Crippen LogP contribution in [-0.4, -0.2) is 28.0 Å². The van der Waals surface area contributed by atoms with Crippen molar-refractivity contribution in [3.05, 3.63) is 64.7 Å². The molecule has 0 unspecified atom stereocenters. The summed E-state index contributed by atoms with van der Waals surface area (Å²) in [5.41, 5.74) is 1.06. The van der Waals surface area contributed by atoms with Crippen molar-refractivity contribution < 1.29 is 18.0 Å². The molecule has 0 aliphatic heterocycles. The Morgan fingerprint density at radius 2 is 1.81 bits per heavy atom. The standard InChI is InChI=1S/C18H21ClN2O4S/c1-18(2,14-5-4-6-15(19)11-14)12-20-17(22)13-7-9-16(10-8-13)26(23,24)21-25-3/h4-11,21H,12H2,1-3H3,(H,20,22). The van der Waals surface area contributed by atoms with Crippen LogP contribution in [0.5, 0.6) is 0 Å². The fourth-order valence-corrected chi connectivity index (χ4v) is 3.36. The zero-order valence-electron chi connectivity index (χ0n) is 14.7. The van der Waals surface area contributed by atoms with E-state index < -0.39 is 10.0 Å². The molecule has 0 saturated heterocycles. The van der Waals surface area contributed by atoms with E-state index in [0.717, 1.165) is 5.56 Å². The minimum atomic E-state index is -3.74. The Labute approximate surface area is 158 Å². The Kier molecular flexibility index (Phi) is 6.41. The van der Waals surface area contributed by atoms with Crippen LogP contribution in [0.3, 0.4) is 0 Å². The molecule has 2 aromatic rings. The van der Waals surface area contributed by atoms with E-state index in [1.165, 1.54) is 31.4 Å². The van der Waals surface area contributed by atoms with Gasteiger partial charge in [-0.25, -0.2) is 8.42 Å². The number of sulfonamides is 1. The minimum Gasteiger partial charge on any atom is -0.351 e. The van der Waals surface area contributed by atoms with Gasteiger partial charge in [-0.1, -0.05) is 42.5 Å². The molecule has 0 spiro atoms. The van der Waals surface area contributed by atoms with Crippen molar-refractivity contribution in [2.75, 3.05) is 13.7 Å². The monoisotopic (exact) mass is 396 g/mol. The molecule has 0 bridgehead atoms. The maximum Gasteiger partial charge on any atom is 0.262 e. The van der Waals surface area contributed by atoms with E-state index in [9.17, 15) is 13.2 Å². The minimum absolute atomic E-state index is 0.00940. The number of carbonyl (C=O) groups is 1. The van der Waals surface area contributed by atoms with E-state index in [2.05, 4.69) is 10.2 Å². The topological polar surface area (TPSA) is 84.5 Å². The summed E-state index contributed by atoms with van der Waals surface area (Å²) < 4.78 is 23.6. The van der Waals surface area contributed by atoms with Crippen molar-refractivity contribution in [3.63, 3.8) is 0 Å². The van der Waals surface area contributed by atoms with Crippen LogP contribution in [0.2, 0.25) is 5.02 Å². The van der Waals surface area contributed by atoms with Crippen LogP contribution in [0.1, 0.15) is 29.8 Å². The Morgan fingerprint density at radius 1 is 1.15 bits per heavy atom. The Morgan fingerprint density at radius 3 is 2.38 bits per heavy atom. The first-order chi connectivity index (χ1) is 12.2. The molecule has 0 aliphatic rings. The average molecular weight is 397 g/mol. The summed E-state index contributed by atoms with van der Waals surface area (Å²) in [6.45, 7) is 4.41.